The van der Waals surface area contributed by atoms with Crippen molar-refractivity contribution in [2.45, 2.75) is 19.4 Å². The van der Waals surface area contributed by atoms with Gasteiger partial charge in [-0.2, -0.15) is 0 Å². The number of aliphatic hydroxyl groups is 1. The van der Waals surface area contributed by atoms with Crippen LogP contribution in [0, 0.1) is 0 Å². The van der Waals surface area contributed by atoms with E-state index in [-0.39, 0.29) is 26.4 Å². The minimum Gasteiger partial charge on any atom is -0.479 e. The molecule has 78 valence electrons. The Morgan fingerprint density at radius 1 is 1.31 bits per heavy atom. The highest BCUT2D eigenvalue weighted by Crippen LogP contribution is 2.08. The molecule has 0 rings (SSSR count). The molecule has 5 nitrogen and oxygen atoms in total. The van der Waals surface area contributed by atoms with Crippen LogP contribution in [0.3, 0.4) is 0 Å². The summed E-state index contributed by atoms with van der Waals surface area (Å²) in [6.07, 6.45) is 0. The van der Waals surface area contributed by atoms with Gasteiger partial charge in [-0.15, -0.1) is 0 Å². The first-order valence-corrected chi connectivity index (χ1v) is 4.06. The Labute approximate surface area is 77.3 Å². The van der Waals surface area contributed by atoms with Gasteiger partial charge in [0.15, 0.2) is 5.60 Å². The van der Waals surface area contributed by atoms with E-state index in [0.29, 0.717) is 0 Å². The molecule has 2 N–H and O–H groups in total. The summed E-state index contributed by atoms with van der Waals surface area (Å²) in [6.45, 7) is 3.65. The smallest absolute Gasteiger partial charge is 0.335 e. The monoisotopic (exact) mass is 192 g/mol. The SMILES string of the molecule is CC(C)(OCCOCCO)C(=O)O. The Morgan fingerprint density at radius 2 is 1.92 bits per heavy atom. The van der Waals surface area contributed by atoms with Gasteiger partial charge in [-0.1, -0.05) is 0 Å². The van der Waals surface area contributed by atoms with Crippen molar-refractivity contribution in [2.24, 2.45) is 0 Å². The van der Waals surface area contributed by atoms with E-state index in [1.807, 2.05) is 0 Å². The third-order valence-corrected chi connectivity index (χ3v) is 1.44. The van der Waals surface area contributed by atoms with Gasteiger partial charge >= 0.3 is 5.97 Å². The largest absolute Gasteiger partial charge is 0.479 e. The molecule has 13 heavy (non-hydrogen) atoms. The van der Waals surface area contributed by atoms with Crippen LogP contribution in [0.2, 0.25) is 0 Å². The van der Waals surface area contributed by atoms with E-state index < -0.39 is 11.6 Å². The molecule has 0 aliphatic heterocycles. The number of carboxylic acid groups (broad SMARTS) is 1. The van der Waals surface area contributed by atoms with E-state index in [2.05, 4.69) is 0 Å². The minimum atomic E-state index is -1.18. The predicted molar refractivity (Wildman–Crippen MR) is 45.6 cm³/mol. The van der Waals surface area contributed by atoms with Gasteiger partial charge in [0.2, 0.25) is 0 Å². The van der Waals surface area contributed by atoms with Crippen LogP contribution in [0.25, 0.3) is 0 Å². The standard InChI is InChI=1S/C8H16O5/c1-8(2,7(10)11)13-6-5-12-4-3-9/h9H,3-6H2,1-2H3,(H,10,11). The van der Waals surface area contributed by atoms with Crippen molar-refractivity contribution in [2.75, 3.05) is 26.4 Å². The molecule has 0 unspecified atom stereocenters. The Balaban J connectivity index is 3.46. The predicted octanol–water partition coefficient (Wildman–Crippen LogP) is -0.125. The van der Waals surface area contributed by atoms with Crippen LogP contribution in [-0.2, 0) is 14.3 Å². The first-order chi connectivity index (χ1) is 6.00. The van der Waals surface area contributed by atoms with E-state index in [9.17, 15) is 4.79 Å². The molecule has 0 aromatic heterocycles. The molecule has 0 atom stereocenters. The summed E-state index contributed by atoms with van der Waals surface area (Å²) >= 11 is 0. The lowest BCUT2D eigenvalue weighted by Gasteiger charge is -2.19. The van der Waals surface area contributed by atoms with E-state index in [1.165, 1.54) is 13.8 Å². The van der Waals surface area contributed by atoms with Crippen LogP contribution >= 0.6 is 0 Å². The van der Waals surface area contributed by atoms with Gasteiger partial charge in [-0.05, 0) is 13.8 Å². The average molecular weight is 192 g/mol. The number of carboxylic acids is 1. The highest BCUT2D eigenvalue weighted by atomic mass is 16.6. The van der Waals surface area contributed by atoms with Crippen LogP contribution in [-0.4, -0.2) is 48.2 Å². The van der Waals surface area contributed by atoms with Gasteiger partial charge in [0.25, 0.3) is 0 Å². The fourth-order valence-corrected chi connectivity index (χ4v) is 0.584. The van der Waals surface area contributed by atoms with Crippen LogP contribution in [0.1, 0.15) is 13.8 Å². The Bertz CT molecular complexity index is 155. The molecular weight excluding hydrogens is 176 g/mol. The van der Waals surface area contributed by atoms with Gasteiger partial charge in [-0.3, -0.25) is 0 Å². The number of aliphatic carboxylic acids is 1. The second-order valence-electron chi connectivity index (χ2n) is 3.00. The summed E-state index contributed by atoms with van der Waals surface area (Å²) in [4.78, 5) is 10.5. The molecular formula is C8H16O5. The number of rotatable bonds is 7. The molecule has 0 fully saturated rings. The fourth-order valence-electron chi connectivity index (χ4n) is 0.584. The summed E-state index contributed by atoms with van der Waals surface area (Å²) in [7, 11) is 0. The van der Waals surface area contributed by atoms with Crippen molar-refractivity contribution in [3.8, 4) is 0 Å². The molecule has 0 aromatic rings. The quantitative estimate of drug-likeness (QED) is 0.550. The van der Waals surface area contributed by atoms with Gasteiger partial charge < -0.3 is 19.7 Å². The maximum atomic E-state index is 10.5. The zero-order chi connectivity index (χ0) is 10.3. The Morgan fingerprint density at radius 3 is 2.38 bits per heavy atom. The van der Waals surface area contributed by atoms with E-state index in [1.54, 1.807) is 0 Å². The first kappa shape index (κ1) is 12.3. The normalized spacial score (nSPS) is 11.6. The van der Waals surface area contributed by atoms with Crippen molar-refractivity contribution < 1.29 is 24.5 Å². The Kier molecular flexibility index (Phi) is 5.61. The molecule has 0 spiro atoms. The average Bonchev–Trinajstić information content (AvgIpc) is 2.03. The molecule has 0 saturated carbocycles. The van der Waals surface area contributed by atoms with Gasteiger partial charge in [0.05, 0.1) is 26.4 Å². The molecule has 0 radical (unpaired) electrons. The highest BCUT2D eigenvalue weighted by Gasteiger charge is 2.27. The lowest BCUT2D eigenvalue weighted by atomic mass is 10.1. The molecule has 5 heteroatoms. The molecule has 0 aliphatic carbocycles. The first-order valence-electron chi connectivity index (χ1n) is 4.06. The number of aliphatic hydroxyl groups excluding tert-OH is 1. The van der Waals surface area contributed by atoms with Crippen LogP contribution in [0.15, 0.2) is 0 Å². The summed E-state index contributed by atoms with van der Waals surface area (Å²) in [6, 6.07) is 0. The third-order valence-electron chi connectivity index (χ3n) is 1.44. The van der Waals surface area contributed by atoms with Crippen molar-refractivity contribution in [3.63, 3.8) is 0 Å². The van der Waals surface area contributed by atoms with Gasteiger partial charge in [-0.25, -0.2) is 4.79 Å². The number of ether oxygens (including phenoxy) is 2. The van der Waals surface area contributed by atoms with Crippen molar-refractivity contribution in [1.29, 1.82) is 0 Å². The zero-order valence-corrected chi connectivity index (χ0v) is 7.95. The second-order valence-corrected chi connectivity index (χ2v) is 3.00. The lowest BCUT2D eigenvalue weighted by Crippen LogP contribution is -2.35. The Hall–Kier alpha value is -0.650. The maximum Gasteiger partial charge on any atom is 0.335 e. The van der Waals surface area contributed by atoms with Crippen LogP contribution in [0.4, 0.5) is 0 Å². The molecule has 0 heterocycles. The molecule has 0 amide bonds. The number of hydrogen-bond acceptors (Lipinski definition) is 4. The zero-order valence-electron chi connectivity index (χ0n) is 7.95. The summed E-state index contributed by atoms with van der Waals surface area (Å²) in [5.41, 5.74) is -1.18. The summed E-state index contributed by atoms with van der Waals surface area (Å²) in [5, 5.41) is 17.0. The second kappa shape index (κ2) is 5.90. The maximum absolute atomic E-state index is 10.5. The van der Waals surface area contributed by atoms with E-state index in [4.69, 9.17) is 19.7 Å². The third kappa shape index (κ3) is 5.57. The molecule has 0 aliphatic rings. The topological polar surface area (TPSA) is 76.0 Å². The number of hydrogen-bond donors (Lipinski definition) is 2. The van der Waals surface area contributed by atoms with Crippen molar-refractivity contribution in [1.82, 2.24) is 0 Å². The highest BCUT2D eigenvalue weighted by molar-refractivity contribution is 5.76. The van der Waals surface area contributed by atoms with Gasteiger partial charge in [0.1, 0.15) is 0 Å². The number of carbonyl (C=O) groups is 1. The van der Waals surface area contributed by atoms with Crippen LogP contribution in [0.5, 0.6) is 0 Å². The molecule has 0 aromatic carbocycles. The van der Waals surface area contributed by atoms with Crippen molar-refractivity contribution in [3.05, 3.63) is 0 Å². The fraction of sp³-hybridized carbons (Fsp3) is 0.875. The van der Waals surface area contributed by atoms with E-state index >= 15 is 0 Å². The molecule has 0 bridgehead atoms. The van der Waals surface area contributed by atoms with E-state index in [0.717, 1.165) is 0 Å². The van der Waals surface area contributed by atoms with Gasteiger partial charge in [0, 0.05) is 0 Å². The molecule has 0 saturated heterocycles. The van der Waals surface area contributed by atoms with Crippen molar-refractivity contribution >= 4 is 5.97 Å². The summed E-state index contributed by atoms with van der Waals surface area (Å²) in [5.74, 6) is -1.00. The lowest BCUT2D eigenvalue weighted by molar-refractivity contribution is -0.162. The minimum absolute atomic E-state index is 0.0394. The summed E-state index contributed by atoms with van der Waals surface area (Å²) < 4.78 is 9.92. The van der Waals surface area contributed by atoms with Crippen LogP contribution < -0.4 is 0 Å².